The molecule has 0 aromatic heterocycles. The van der Waals surface area contributed by atoms with Gasteiger partial charge >= 0.3 is 0 Å². The largest absolute Gasteiger partial charge is 0.497 e. The Morgan fingerprint density at radius 3 is 2.72 bits per heavy atom. The average Bonchev–Trinajstić information content (AvgIpc) is 2.69. The summed E-state index contributed by atoms with van der Waals surface area (Å²) in [5.41, 5.74) is 4.34. The highest BCUT2D eigenvalue weighted by atomic mass is 16.5. The Morgan fingerprint density at radius 1 is 1.04 bits per heavy atom. The van der Waals surface area contributed by atoms with Crippen molar-refractivity contribution in [2.45, 2.75) is 25.2 Å². The van der Waals surface area contributed by atoms with E-state index in [-0.39, 0.29) is 0 Å². The molecule has 0 spiro atoms. The van der Waals surface area contributed by atoms with E-state index in [1.165, 1.54) is 46.7 Å². The second-order valence-electron chi connectivity index (χ2n) is 6.93. The van der Waals surface area contributed by atoms with Crippen LogP contribution in [-0.2, 0) is 4.74 Å². The van der Waals surface area contributed by atoms with Crippen LogP contribution in [0, 0.1) is 5.92 Å². The van der Waals surface area contributed by atoms with Crippen LogP contribution in [0.3, 0.4) is 0 Å². The number of allylic oxidation sites excluding steroid dienone is 4. The summed E-state index contributed by atoms with van der Waals surface area (Å²) in [5.74, 6) is 1.23. The van der Waals surface area contributed by atoms with Crippen LogP contribution in [0.15, 0.2) is 79.1 Å². The van der Waals surface area contributed by atoms with E-state index in [0.717, 1.165) is 6.61 Å². The van der Waals surface area contributed by atoms with Crippen LogP contribution in [0.5, 0.6) is 0 Å². The highest BCUT2D eigenvalue weighted by Gasteiger charge is 2.31. The van der Waals surface area contributed by atoms with Gasteiger partial charge in [0.15, 0.2) is 0 Å². The van der Waals surface area contributed by atoms with Crippen LogP contribution in [0.1, 0.15) is 36.3 Å². The summed E-state index contributed by atoms with van der Waals surface area (Å²) >= 11 is 0. The first kappa shape index (κ1) is 16.0. The SMILES string of the molecule is C1=CCOC=C1.C=C1CCCC2C=Cc3c(ccc4ccccc34)C12. The first-order valence-corrected chi connectivity index (χ1v) is 9.15. The predicted octanol–water partition coefficient (Wildman–Crippen LogP) is 6.39. The lowest BCUT2D eigenvalue weighted by Gasteiger charge is -2.36. The van der Waals surface area contributed by atoms with Gasteiger partial charge < -0.3 is 4.74 Å². The minimum absolute atomic E-state index is 0.554. The zero-order valence-corrected chi connectivity index (χ0v) is 14.5. The summed E-state index contributed by atoms with van der Waals surface area (Å²) in [5, 5.41) is 2.72. The summed E-state index contributed by atoms with van der Waals surface area (Å²) in [6.07, 6.45) is 16.0. The molecule has 2 aromatic rings. The van der Waals surface area contributed by atoms with Crippen molar-refractivity contribution in [3.05, 3.63) is 90.2 Å². The van der Waals surface area contributed by atoms with Gasteiger partial charge in [0, 0.05) is 5.92 Å². The lowest BCUT2D eigenvalue weighted by atomic mass is 9.68. The molecular weight excluding hydrogens is 304 g/mol. The van der Waals surface area contributed by atoms with Gasteiger partial charge in [-0.15, -0.1) is 0 Å². The first-order chi connectivity index (χ1) is 12.3. The maximum Gasteiger partial charge on any atom is 0.106 e. The van der Waals surface area contributed by atoms with Gasteiger partial charge in [0.05, 0.1) is 6.26 Å². The summed E-state index contributed by atoms with van der Waals surface area (Å²) in [6.45, 7) is 5.08. The summed E-state index contributed by atoms with van der Waals surface area (Å²) in [6, 6.07) is 13.3. The van der Waals surface area contributed by atoms with Crippen molar-refractivity contribution in [1.29, 1.82) is 0 Å². The monoisotopic (exact) mass is 328 g/mol. The molecule has 3 aliphatic rings. The van der Waals surface area contributed by atoms with Gasteiger partial charge in [0.25, 0.3) is 0 Å². The van der Waals surface area contributed by atoms with Crippen molar-refractivity contribution >= 4 is 16.8 Å². The molecule has 0 radical (unpaired) electrons. The maximum absolute atomic E-state index is 4.80. The topological polar surface area (TPSA) is 9.23 Å². The molecule has 0 amide bonds. The number of rotatable bonds is 0. The summed E-state index contributed by atoms with van der Waals surface area (Å²) < 4.78 is 4.80. The van der Waals surface area contributed by atoms with E-state index in [2.05, 4.69) is 55.1 Å². The minimum Gasteiger partial charge on any atom is -0.497 e. The molecule has 1 saturated carbocycles. The molecule has 0 bridgehead atoms. The van der Waals surface area contributed by atoms with Crippen molar-refractivity contribution < 1.29 is 4.74 Å². The number of benzene rings is 2. The summed E-state index contributed by atoms with van der Waals surface area (Å²) in [7, 11) is 0. The van der Waals surface area contributed by atoms with Gasteiger partial charge in [0.2, 0.25) is 0 Å². The smallest absolute Gasteiger partial charge is 0.106 e. The summed E-state index contributed by atoms with van der Waals surface area (Å²) in [4.78, 5) is 0. The fourth-order valence-corrected chi connectivity index (χ4v) is 4.18. The molecule has 2 atom stereocenters. The van der Waals surface area contributed by atoms with Crippen molar-refractivity contribution in [3.8, 4) is 0 Å². The van der Waals surface area contributed by atoms with E-state index in [4.69, 9.17) is 4.74 Å². The van der Waals surface area contributed by atoms with Gasteiger partial charge in [0.1, 0.15) is 6.61 Å². The number of fused-ring (bicyclic) bond motifs is 5. The van der Waals surface area contributed by atoms with Crippen LogP contribution in [0.4, 0.5) is 0 Å². The molecule has 1 heterocycles. The van der Waals surface area contributed by atoms with E-state index in [9.17, 15) is 0 Å². The third-order valence-electron chi connectivity index (χ3n) is 5.37. The second kappa shape index (κ2) is 7.14. The van der Waals surface area contributed by atoms with E-state index in [0.29, 0.717) is 11.8 Å². The van der Waals surface area contributed by atoms with E-state index >= 15 is 0 Å². The Kier molecular flexibility index (Phi) is 4.56. The molecule has 1 heteroatoms. The van der Waals surface area contributed by atoms with Gasteiger partial charge in [-0.25, -0.2) is 0 Å². The van der Waals surface area contributed by atoms with Gasteiger partial charge in [-0.2, -0.15) is 0 Å². The Hall–Kier alpha value is -2.54. The zero-order valence-electron chi connectivity index (χ0n) is 14.5. The van der Waals surface area contributed by atoms with E-state index in [1.807, 2.05) is 18.2 Å². The Balaban J connectivity index is 0.000000223. The van der Waals surface area contributed by atoms with Crippen molar-refractivity contribution in [3.63, 3.8) is 0 Å². The van der Waals surface area contributed by atoms with E-state index in [1.54, 1.807) is 6.26 Å². The van der Waals surface area contributed by atoms with Gasteiger partial charge in [-0.1, -0.05) is 66.8 Å². The third kappa shape index (κ3) is 3.19. The second-order valence-corrected chi connectivity index (χ2v) is 6.93. The predicted molar refractivity (Wildman–Crippen MR) is 106 cm³/mol. The molecule has 25 heavy (non-hydrogen) atoms. The molecular formula is C24H24O. The fourth-order valence-electron chi connectivity index (χ4n) is 4.18. The Labute approximate surface area is 150 Å². The number of ether oxygens (including phenoxy) is 1. The molecule has 1 nitrogen and oxygen atoms in total. The quantitative estimate of drug-likeness (QED) is 0.509. The first-order valence-electron chi connectivity index (χ1n) is 9.15. The molecule has 1 fully saturated rings. The molecule has 0 saturated heterocycles. The third-order valence-corrected chi connectivity index (χ3v) is 5.37. The Morgan fingerprint density at radius 2 is 1.96 bits per heavy atom. The standard InChI is InChI=1S/C19H18.C5H6O/c1-13-5-4-7-15-10-11-17-16-8-3-2-6-14(16)9-12-18(17)19(13)15;1-2-4-6-5-3-1/h2-3,6,8-12,15,19H,1,4-5,7H2;1-4H,5H2. The molecule has 126 valence electrons. The molecule has 2 aromatic carbocycles. The maximum atomic E-state index is 4.80. The van der Waals surface area contributed by atoms with Crippen LogP contribution in [0.25, 0.3) is 16.8 Å². The number of hydrogen-bond donors (Lipinski definition) is 0. The van der Waals surface area contributed by atoms with Crippen LogP contribution < -0.4 is 0 Å². The minimum atomic E-state index is 0.554. The average molecular weight is 328 g/mol. The van der Waals surface area contributed by atoms with Gasteiger partial charge in [-0.05, 0) is 59.2 Å². The molecule has 5 rings (SSSR count). The van der Waals surface area contributed by atoms with Crippen molar-refractivity contribution in [2.75, 3.05) is 6.61 Å². The molecule has 2 unspecified atom stereocenters. The normalized spacial score (nSPS) is 23.3. The van der Waals surface area contributed by atoms with Crippen LogP contribution >= 0.6 is 0 Å². The van der Waals surface area contributed by atoms with Crippen LogP contribution in [-0.4, -0.2) is 6.61 Å². The van der Waals surface area contributed by atoms with Crippen molar-refractivity contribution in [2.24, 2.45) is 5.92 Å². The van der Waals surface area contributed by atoms with Crippen molar-refractivity contribution in [1.82, 2.24) is 0 Å². The van der Waals surface area contributed by atoms with Crippen LogP contribution in [0.2, 0.25) is 0 Å². The lowest BCUT2D eigenvalue weighted by molar-refractivity contribution is 0.286. The molecule has 2 aliphatic carbocycles. The number of hydrogen-bond acceptors (Lipinski definition) is 1. The van der Waals surface area contributed by atoms with E-state index < -0.39 is 0 Å². The lowest BCUT2D eigenvalue weighted by Crippen LogP contribution is -2.21. The fraction of sp³-hybridized carbons (Fsp3) is 0.250. The van der Waals surface area contributed by atoms with Gasteiger partial charge in [-0.3, -0.25) is 0 Å². The molecule has 1 aliphatic heterocycles. The zero-order chi connectivity index (χ0) is 17.1. The highest BCUT2D eigenvalue weighted by molar-refractivity contribution is 5.93. The molecule has 0 N–H and O–H groups in total. The highest BCUT2D eigenvalue weighted by Crippen LogP contribution is 2.47. The Bertz CT molecular complexity index is 857.